The maximum atomic E-state index is 4.79. The van der Waals surface area contributed by atoms with Gasteiger partial charge < -0.3 is 10.6 Å². The van der Waals surface area contributed by atoms with Crippen molar-refractivity contribution in [3.8, 4) is 0 Å². The summed E-state index contributed by atoms with van der Waals surface area (Å²) in [7, 11) is 0. The lowest BCUT2D eigenvalue weighted by atomic mass is 9.97. The van der Waals surface area contributed by atoms with Gasteiger partial charge in [-0.15, -0.1) is 35.3 Å². The van der Waals surface area contributed by atoms with Gasteiger partial charge in [0, 0.05) is 31.6 Å². The van der Waals surface area contributed by atoms with Crippen LogP contribution < -0.4 is 10.6 Å². The third kappa shape index (κ3) is 9.09. The molecule has 1 saturated heterocycles. The van der Waals surface area contributed by atoms with Gasteiger partial charge in [-0.2, -0.15) is 0 Å². The van der Waals surface area contributed by atoms with E-state index in [4.69, 9.17) is 4.99 Å². The predicted molar refractivity (Wildman–Crippen MR) is 128 cm³/mol. The second-order valence-corrected chi connectivity index (χ2v) is 8.42. The number of halogens is 1. The largest absolute Gasteiger partial charge is 0.357 e. The van der Waals surface area contributed by atoms with Crippen LogP contribution in [0.15, 0.2) is 10.4 Å². The first-order valence-corrected chi connectivity index (χ1v) is 11.2. The molecule has 27 heavy (non-hydrogen) atoms. The van der Waals surface area contributed by atoms with Crippen molar-refractivity contribution >= 4 is 41.3 Å². The average Bonchev–Trinajstić information content (AvgIpc) is 3.06. The fourth-order valence-electron chi connectivity index (χ4n) is 3.41. The zero-order valence-electron chi connectivity index (χ0n) is 17.5. The lowest BCUT2D eigenvalue weighted by Crippen LogP contribution is -2.43. The van der Waals surface area contributed by atoms with Gasteiger partial charge in [-0.25, -0.2) is 4.98 Å². The van der Waals surface area contributed by atoms with Gasteiger partial charge in [-0.05, 0) is 51.6 Å². The Balaban J connectivity index is 0.00000364. The third-order valence-corrected chi connectivity index (χ3v) is 6.15. The van der Waals surface area contributed by atoms with E-state index in [1.54, 1.807) is 11.3 Å². The molecule has 5 nitrogen and oxygen atoms in total. The van der Waals surface area contributed by atoms with Crippen LogP contribution in [0.4, 0.5) is 0 Å². The van der Waals surface area contributed by atoms with Gasteiger partial charge in [-0.3, -0.25) is 9.89 Å². The number of aromatic nitrogens is 1. The number of guanidine groups is 1. The topological polar surface area (TPSA) is 52.6 Å². The van der Waals surface area contributed by atoms with Crippen LogP contribution in [0.25, 0.3) is 0 Å². The molecule has 7 heteroatoms. The van der Waals surface area contributed by atoms with Crippen molar-refractivity contribution in [2.24, 2.45) is 16.8 Å². The van der Waals surface area contributed by atoms with E-state index in [0.29, 0.717) is 5.92 Å². The third-order valence-electron chi connectivity index (χ3n) is 5.32. The molecular formula is C20H38IN5S. The summed E-state index contributed by atoms with van der Waals surface area (Å²) < 4.78 is 0. The summed E-state index contributed by atoms with van der Waals surface area (Å²) in [5, 5.41) is 10.3. The Morgan fingerprint density at radius 1 is 1.26 bits per heavy atom. The minimum absolute atomic E-state index is 0. The predicted octanol–water partition coefficient (Wildman–Crippen LogP) is 4.27. The number of piperidine rings is 1. The van der Waals surface area contributed by atoms with Crippen LogP contribution in [0, 0.1) is 18.8 Å². The number of likely N-dealkylation sites (tertiary alicyclic amines) is 1. The number of nitrogens with one attached hydrogen (secondary N) is 2. The minimum Gasteiger partial charge on any atom is -0.357 e. The van der Waals surface area contributed by atoms with E-state index >= 15 is 0 Å². The molecule has 1 aliphatic rings. The smallest absolute Gasteiger partial charge is 0.191 e. The molecule has 0 aliphatic carbocycles. The molecule has 1 aromatic heterocycles. The molecule has 0 spiro atoms. The molecule has 0 aromatic carbocycles. The van der Waals surface area contributed by atoms with Crippen molar-refractivity contribution in [3.63, 3.8) is 0 Å². The van der Waals surface area contributed by atoms with Crippen LogP contribution in [-0.2, 0) is 6.54 Å². The van der Waals surface area contributed by atoms with Crippen LogP contribution >= 0.6 is 35.3 Å². The van der Waals surface area contributed by atoms with E-state index in [0.717, 1.165) is 38.1 Å². The van der Waals surface area contributed by atoms with Gasteiger partial charge in [0.05, 0.1) is 10.7 Å². The molecule has 1 aromatic rings. The second-order valence-electron chi connectivity index (χ2n) is 7.36. The highest BCUT2D eigenvalue weighted by atomic mass is 127. The van der Waals surface area contributed by atoms with Crippen LogP contribution in [0.1, 0.15) is 57.2 Å². The molecule has 1 aliphatic heterocycles. The quantitative estimate of drug-likeness (QED) is 0.298. The number of hydrogen-bond donors (Lipinski definition) is 2. The maximum absolute atomic E-state index is 4.79. The van der Waals surface area contributed by atoms with E-state index in [9.17, 15) is 0 Å². The van der Waals surface area contributed by atoms with Crippen molar-refractivity contribution < 1.29 is 0 Å². The highest BCUT2D eigenvalue weighted by Crippen LogP contribution is 2.19. The molecule has 2 heterocycles. The number of aliphatic imine (C=N–C) groups is 1. The zero-order chi connectivity index (χ0) is 18.8. The number of aryl methyl sites for hydroxylation is 1. The fraction of sp³-hybridized carbons (Fsp3) is 0.800. The van der Waals surface area contributed by atoms with E-state index < -0.39 is 0 Å². The van der Waals surface area contributed by atoms with Crippen LogP contribution in [0.3, 0.4) is 0 Å². The Labute approximate surface area is 186 Å². The molecule has 0 radical (unpaired) electrons. The first kappa shape index (κ1) is 24.6. The standard InChI is InChI=1S/C20H37N5S.HI/c1-5-17(6-2)12-22-20(21-7-3)23-13-18-8-10-25(11-9-18)14-19-15-26-16(4)24-19;/h15,17-18H,5-14H2,1-4H3,(H2,21,22,23);1H. The van der Waals surface area contributed by atoms with Gasteiger partial charge in [0.25, 0.3) is 0 Å². The van der Waals surface area contributed by atoms with Gasteiger partial charge in [-0.1, -0.05) is 26.7 Å². The second kappa shape index (κ2) is 13.7. The number of rotatable bonds is 9. The summed E-state index contributed by atoms with van der Waals surface area (Å²) in [6, 6.07) is 0. The van der Waals surface area contributed by atoms with Gasteiger partial charge in [0.2, 0.25) is 0 Å². The van der Waals surface area contributed by atoms with Gasteiger partial charge in [0.15, 0.2) is 5.96 Å². The van der Waals surface area contributed by atoms with Crippen LogP contribution in [0.5, 0.6) is 0 Å². The van der Waals surface area contributed by atoms with Crippen molar-refractivity contribution in [2.45, 2.75) is 59.9 Å². The highest BCUT2D eigenvalue weighted by Gasteiger charge is 2.20. The molecule has 156 valence electrons. The maximum Gasteiger partial charge on any atom is 0.191 e. The molecule has 0 amide bonds. The lowest BCUT2D eigenvalue weighted by molar-refractivity contribution is 0.176. The number of thiazole rings is 1. The van der Waals surface area contributed by atoms with E-state index in [1.165, 1.54) is 49.5 Å². The monoisotopic (exact) mass is 507 g/mol. The van der Waals surface area contributed by atoms with E-state index in [-0.39, 0.29) is 24.0 Å². The fourth-order valence-corrected chi connectivity index (χ4v) is 4.01. The SMILES string of the molecule is CCNC(=NCC(CC)CC)NCC1CCN(Cc2csc(C)n2)CC1.I. The normalized spacial score (nSPS) is 16.4. The molecule has 0 saturated carbocycles. The zero-order valence-corrected chi connectivity index (χ0v) is 20.6. The summed E-state index contributed by atoms with van der Waals surface area (Å²) in [5.41, 5.74) is 1.23. The molecule has 0 unspecified atom stereocenters. The molecule has 2 N–H and O–H groups in total. The van der Waals surface area contributed by atoms with E-state index in [1.807, 2.05) is 0 Å². The first-order valence-electron chi connectivity index (χ1n) is 10.3. The summed E-state index contributed by atoms with van der Waals surface area (Å²) in [6.07, 6.45) is 4.91. The van der Waals surface area contributed by atoms with Crippen molar-refractivity contribution in [3.05, 3.63) is 16.1 Å². The molecule has 0 bridgehead atoms. The van der Waals surface area contributed by atoms with Crippen molar-refractivity contribution in [1.29, 1.82) is 0 Å². The number of hydrogen-bond acceptors (Lipinski definition) is 4. The summed E-state index contributed by atoms with van der Waals surface area (Å²) in [5.74, 6) is 2.42. The molecular weight excluding hydrogens is 469 g/mol. The Morgan fingerprint density at radius 2 is 1.96 bits per heavy atom. The first-order chi connectivity index (χ1) is 12.6. The van der Waals surface area contributed by atoms with Gasteiger partial charge >= 0.3 is 0 Å². The Hall–Kier alpha value is -0.410. The number of nitrogens with zero attached hydrogens (tertiary/aromatic N) is 3. The van der Waals surface area contributed by atoms with Crippen molar-refractivity contribution in [2.75, 3.05) is 32.7 Å². The molecule has 1 fully saturated rings. The average molecular weight is 508 g/mol. The minimum atomic E-state index is 0. The Bertz CT molecular complexity index is 536. The van der Waals surface area contributed by atoms with E-state index in [2.05, 4.69) is 53.6 Å². The van der Waals surface area contributed by atoms with Crippen molar-refractivity contribution in [1.82, 2.24) is 20.5 Å². The highest BCUT2D eigenvalue weighted by molar-refractivity contribution is 14.0. The molecule has 2 rings (SSSR count). The van der Waals surface area contributed by atoms with Crippen LogP contribution in [-0.4, -0.2) is 48.6 Å². The summed E-state index contributed by atoms with van der Waals surface area (Å²) in [4.78, 5) is 11.9. The summed E-state index contributed by atoms with van der Waals surface area (Å²) in [6.45, 7) is 14.9. The van der Waals surface area contributed by atoms with Gasteiger partial charge in [0.1, 0.15) is 0 Å². The summed E-state index contributed by atoms with van der Waals surface area (Å²) >= 11 is 1.75. The van der Waals surface area contributed by atoms with Crippen LogP contribution in [0.2, 0.25) is 0 Å². The Morgan fingerprint density at radius 3 is 2.52 bits per heavy atom. The Kier molecular flexibility index (Phi) is 12.5. The lowest BCUT2D eigenvalue weighted by Gasteiger charge is -2.31. The molecule has 0 atom stereocenters.